The summed E-state index contributed by atoms with van der Waals surface area (Å²) in [7, 11) is 2.15. The van der Waals surface area contributed by atoms with Crippen molar-refractivity contribution in [3.63, 3.8) is 0 Å². The van der Waals surface area contributed by atoms with E-state index in [1.54, 1.807) is 0 Å². The van der Waals surface area contributed by atoms with Crippen LogP contribution in [0, 0.1) is 0 Å². The third-order valence-corrected chi connectivity index (χ3v) is 6.35. The number of benzene rings is 2. The molecule has 0 saturated carbocycles. The molecule has 2 heteroatoms. The highest BCUT2D eigenvalue weighted by molar-refractivity contribution is 6.08. The van der Waals surface area contributed by atoms with Crippen molar-refractivity contribution in [3.05, 3.63) is 108 Å². The molecule has 0 aliphatic carbocycles. The van der Waals surface area contributed by atoms with Gasteiger partial charge in [-0.1, -0.05) is 94.5 Å². The Labute approximate surface area is 180 Å². The first kappa shape index (κ1) is 20.2. The van der Waals surface area contributed by atoms with Gasteiger partial charge in [0.05, 0.1) is 11.4 Å². The number of hydrogen-bond donors (Lipinski definition) is 0. The maximum absolute atomic E-state index is 4.80. The summed E-state index contributed by atoms with van der Waals surface area (Å²) in [4.78, 5) is 7.09. The lowest BCUT2D eigenvalue weighted by atomic mass is 9.81. The van der Waals surface area contributed by atoms with Crippen molar-refractivity contribution in [3.8, 4) is 0 Å². The summed E-state index contributed by atoms with van der Waals surface area (Å²) in [5.74, 6) is 0. The summed E-state index contributed by atoms with van der Waals surface area (Å²) in [5.41, 5.74) is 7.44. The number of nitrogens with zero attached hydrogens (tertiary/aromatic N) is 2. The van der Waals surface area contributed by atoms with Gasteiger partial charge in [0.1, 0.15) is 0 Å². The van der Waals surface area contributed by atoms with Crippen LogP contribution in [0.15, 0.2) is 102 Å². The Bertz CT molecular complexity index is 1110. The van der Waals surface area contributed by atoms with E-state index in [1.807, 2.05) is 6.07 Å². The predicted octanol–water partition coefficient (Wildman–Crippen LogP) is 7.03. The zero-order valence-electron chi connectivity index (χ0n) is 18.6. The number of allylic oxidation sites excluding steroid dienone is 8. The lowest BCUT2D eigenvalue weighted by Crippen LogP contribution is -2.23. The molecule has 0 radical (unpaired) electrons. The molecule has 0 saturated heterocycles. The van der Waals surface area contributed by atoms with Gasteiger partial charge in [0.15, 0.2) is 0 Å². The SMILES string of the molecule is CN1/C(=C/C=C/C=C/C=C/C2=Nc3ccccc3C2(C)C)C(C)(C)c2ccccc21. The normalized spacial score (nSPS) is 20.5. The highest BCUT2D eigenvalue weighted by Gasteiger charge is 2.37. The molecule has 0 atom stereocenters. The largest absolute Gasteiger partial charge is 0.347 e. The maximum Gasteiger partial charge on any atom is 0.0674 e. The molecule has 2 nitrogen and oxygen atoms in total. The van der Waals surface area contributed by atoms with Gasteiger partial charge in [-0.25, -0.2) is 0 Å². The van der Waals surface area contributed by atoms with Gasteiger partial charge in [-0.15, -0.1) is 0 Å². The Morgan fingerprint density at radius 3 is 2.10 bits per heavy atom. The first-order valence-corrected chi connectivity index (χ1v) is 10.6. The number of hydrogen-bond acceptors (Lipinski definition) is 2. The van der Waals surface area contributed by atoms with Crippen molar-refractivity contribution in [2.45, 2.75) is 38.5 Å². The van der Waals surface area contributed by atoms with Gasteiger partial charge in [-0.05, 0) is 35.4 Å². The van der Waals surface area contributed by atoms with E-state index in [9.17, 15) is 0 Å². The first-order chi connectivity index (χ1) is 14.3. The minimum Gasteiger partial charge on any atom is -0.347 e. The number of para-hydroxylation sites is 2. The zero-order chi connectivity index (χ0) is 21.4. The van der Waals surface area contributed by atoms with Crippen LogP contribution in [-0.4, -0.2) is 12.8 Å². The second-order valence-corrected chi connectivity index (χ2v) is 9.02. The summed E-state index contributed by atoms with van der Waals surface area (Å²) in [6, 6.07) is 17.0. The third kappa shape index (κ3) is 3.37. The number of fused-ring (bicyclic) bond motifs is 2. The molecule has 0 aromatic heterocycles. The average Bonchev–Trinajstić information content (AvgIpc) is 3.10. The van der Waals surface area contributed by atoms with E-state index in [1.165, 1.54) is 22.5 Å². The van der Waals surface area contributed by atoms with E-state index in [0.717, 1.165) is 11.4 Å². The van der Waals surface area contributed by atoms with Crippen molar-refractivity contribution >= 4 is 17.1 Å². The summed E-state index contributed by atoms with van der Waals surface area (Å²) in [5, 5.41) is 0. The van der Waals surface area contributed by atoms with Gasteiger partial charge >= 0.3 is 0 Å². The smallest absolute Gasteiger partial charge is 0.0674 e. The quantitative estimate of drug-likeness (QED) is 0.508. The molecule has 0 N–H and O–H groups in total. The van der Waals surface area contributed by atoms with Crippen molar-refractivity contribution < 1.29 is 0 Å². The van der Waals surface area contributed by atoms with E-state index in [4.69, 9.17) is 4.99 Å². The molecule has 0 fully saturated rings. The lowest BCUT2D eigenvalue weighted by Gasteiger charge is -2.23. The fourth-order valence-electron chi connectivity index (χ4n) is 4.54. The summed E-state index contributed by atoms with van der Waals surface area (Å²) < 4.78 is 0. The second kappa shape index (κ2) is 7.60. The molecule has 0 spiro atoms. The number of rotatable bonds is 4. The van der Waals surface area contributed by atoms with E-state index < -0.39 is 0 Å². The lowest BCUT2D eigenvalue weighted by molar-refractivity contribution is 0.640. The van der Waals surface area contributed by atoms with Crippen LogP contribution in [0.3, 0.4) is 0 Å². The summed E-state index contributed by atoms with van der Waals surface area (Å²) >= 11 is 0. The molecule has 0 unspecified atom stereocenters. The van der Waals surface area contributed by atoms with E-state index >= 15 is 0 Å². The molecule has 4 rings (SSSR count). The van der Waals surface area contributed by atoms with Crippen LogP contribution < -0.4 is 4.90 Å². The molecule has 2 heterocycles. The third-order valence-electron chi connectivity index (χ3n) is 6.35. The van der Waals surface area contributed by atoms with E-state index in [-0.39, 0.29) is 10.8 Å². The Morgan fingerprint density at radius 1 is 0.733 bits per heavy atom. The van der Waals surface area contributed by atoms with E-state index in [0.29, 0.717) is 0 Å². The van der Waals surface area contributed by atoms with Crippen LogP contribution in [0.1, 0.15) is 38.8 Å². The molecule has 0 bridgehead atoms. The first-order valence-electron chi connectivity index (χ1n) is 10.6. The second-order valence-electron chi connectivity index (χ2n) is 9.02. The summed E-state index contributed by atoms with van der Waals surface area (Å²) in [6.45, 7) is 9.04. The average molecular weight is 395 g/mol. The molecule has 2 aromatic carbocycles. The van der Waals surface area contributed by atoms with Crippen molar-refractivity contribution in [1.82, 2.24) is 0 Å². The van der Waals surface area contributed by atoms with Crippen LogP contribution in [0.2, 0.25) is 0 Å². The van der Waals surface area contributed by atoms with Crippen LogP contribution in [-0.2, 0) is 10.8 Å². The minimum absolute atomic E-state index is 0.0144. The Hall–Kier alpha value is -3.13. The zero-order valence-corrected chi connectivity index (χ0v) is 18.6. The molecule has 30 heavy (non-hydrogen) atoms. The Kier molecular flexibility index (Phi) is 5.11. The number of aliphatic imine (C=N–C) groups is 1. The maximum atomic E-state index is 4.80. The van der Waals surface area contributed by atoms with Crippen LogP contribution in [0.4, 0.5) is 11.4 Å². The Balaban J connectivity index is 1.43. The van der Waals surface area contributed by atoms with Crippen molar-refractivity contribution in [2.75, 3.05) is 11.9 Å². The summed E-state index contributed by atoms with van der Waals surface area (Å²) in [6.07, 6.45) is 14.7. The van der Waals surface area contributed by atoms with Gasteiger partial charge < -0.3 is 4.90 Å². The fraction of sp³-hybridized carbons (Fsp3) is 0.250. The molecule has 2 aromatic rings. The highest BCUT2D eigenvalue weighted by atomic mass is 15.2. The molecule has 2 aliphatic heterocycles. The highest BCUT2D eigenvalue weighted by Crippen LogP contribution is 2.46. The van der Waals surface area contributed by atoms with Crippen LogP contribution >= 0.6 is 0 Å². The fourth-order valence-corrected chi connectivity index (χ4v) is 4.54. The standard InChI is InChI=1S/C28H30N2/c1-27(2)21-15-11-13-17-23(21)29-25(27)19-9-7-6-8-10-20-26-28(3,4)22-16-12-14-18-24(22)30(26)5/h6-20H,1-5H3/b7-6+,10-8+,19-9+,26-20+. The van der Waals surface area contributed by atoms with Gasteiger partial charge in [0.25, 0.3) is 0 Å². The number of likely N-dealkylation sites (N-methyl/N-ethyl adjacent to an activating group) is 1. The van der Waals surface area contributed by atoms with Gasteiger partial charge in [0.2, 0.25) is 0 Å². The molecule has 0 amide bonds. The van der Waals surface area contributed by atoms with Crippen molar-refractivity contribution in [2.24, 2.45) is 4.99 Å². The van der Waals surface area contributed by atoms with E-state index in [2.05, 4.69) is 125 Å². The van der Waals surface area contributed by atoms with Crippen molar-refractivity contribution in [1.29, 1.82) is 0 Å². The van der Waals surface area contributed by atoms with Gasteiger partial charge in [-0.2, -0.15) is 0 Å². The molecular formula is C28H30N2. The van der Waals surface area contributed by atoms with Gasteiger partial charge in [0, 0.05) is 29.3 Å². The molecule has 2 aliphatic rings. The topological polar surface area (TPSA) is 15.6 Å². The molecular weight excluding hydrogens is 364 g/mol. The van der Waals surface area contributed by atoms with Crippen LogP contribution in [0.25, 0.3) is 0 Å². The monoisotopic (exact) mass is 394 g/mol. The predicted molar refractivity (Wildman–Crippen MR) is 130 cm³/mol. The Morgan fingerprint density at radius 2 is 1.37 bits per heavy atom. The molecule has 152 valence electrons. The number of anilines is 1. The van der Waals surface area contributed by atoms with Crippen LogP contribution in [0.5, 0.6) is 0 Å². The minimum atomic E-state index is -0.0468. The van der Waals surface area contributed by atoms with Gasteiger partial charge in [-0.3, -0.25) is 4.99 Å².